The highest BCUT2D eigenvalue weighted by molar-refractivity contribution is 5.95. The summed E-state index contributed by atoms with van der Waals surface area (Å²) < 4.78 is 5.86. The maximum atomic E-state index is 12.2. The van der Waals surface area contributed by atoms with Crippen LogP contribution in [0.5, 0.6) is 5.75 Å². The molecule has 0 radical (unpaired) electrons. The van der Waals surface area contributed by atoms with Gasteiger partial charge in [0.2, 0.25) is 5.91 Å². The lowest BCUT2D eigenvalue weighted by atomic mass is 9.90. The number of anilines is 1. The topological polar surface area (TPSA) is 87.7 Å². The third-order valence-corrected chi connectivity index (χ3v) is 5.09. The fourth-order valence-corrected chi connectivity index (χ4v) is 3.58. The summed E-state index contributed by atoms with van der Waals surface area (Å²) in [6.45, 7) is 0.758. The highest BCUT2D eigenvalue weighted by Crippen LogP contribution is 2.25. The lowest BCUT2D eigenvalue weighted by Gasteiger charge is -2.21. The average Bonchev–Trinajstić information content (AvgIpc) is 3.13. The molecule has 25 heavy (non-hydrogen) atoms. The molecule has 0 aromatic heterocycles. The van der Waals surface area contributed by atoms with Crippen LogP contribution in [0, 0.1) is 5.92 Å². The molecule has 6 heteroatoms. The van der Waals surface area contributed by atoms with E-state index in [1.54, 1.807) is 0 Å². The number of amides is 1. The van der Waals surface area contributed by atoms with E-state index in [0.29, 0.717) is 24.4 Å². The molecule has 6 nitrogen and oxygen atoms in total. The first kappa shape index (κ1) is 17.7. The zero-order valence-electron chi connectivity index (χ0n) is 14.4. The maximum absolute atomic E-state index is 12.2. The molecule has 1 aliphatic carbocycles. The average molecular weight is 346 g/mol. The fraction of sp³-hybridized carbons (Fsp3) is 0.579. The van der Waals surface area contributed by atoms with Gasteiger partial charge in [0, 0.05) is 5.69 Å². The van der Waals surface area contributed by atoms with E-state index in [1.165, 1.54) is 32.1 Å². The molecule has 3 rings (SSSR count). The second-order valence-electron chi connectivity index (χ2n) is 7.02. The molecule has 0 unspecified atom stereocenters. The van der Waals surface area contributed by atoms with Crippen LogP contribution in [0.4, 0.5) is 5.69 Å². The van der Waals surface area contributed by atoms with Crippen LogP contribution in [0.15, 0.2) is 24.3 Å². The Hall–Kier alpha value is -2.08. The van der Waals surface area contributed by atoms with Crippen molar-refractivity contribution in [1.29, 1.82) is 0 Å². The molecule has 1 aliphatic heterocycles. The fourth-order valence-electron chi connectivity index (χ4n) is 3.58. The highest BCUT2D eigenvalue weighted by Gasteiger charge is 2.32. The Bertz CT molecular complexity index is 596. The summed E-state index contributed by atoms with van der Waals surface area (Å²) in [4.78, 5) is 23.1. The number of carboxylic acid groups (broad SMARTS) is 1. The molecule has 1 saturated heterocycles. The standard InChI is InChI=1S/C19H26N2O4/c22-18(16-10-11-17(21-16)19(23)24)20-14-6-8-15(9-7-14)25-12-13-4-2-1-3-5-13/h6-9,13,16-17,21H,1-5,10-12H2,(H,20,22)(H,23,24)/t16-,17+/m1/s1. The Morgan fingerprint density at radius 3 is 2.36 bits per heavy atom. The molecule has 3 N–H and O–H groups in total. The molecule has 1 heterocycles. The molecule has 2 atom stereocenters. The first-order valence-electron chi connectivity index (χ1n) is 9.14. The highest BCUT2D eigenvalue weighted by atomic mass is 16.5. The molecular formula is C19H26N2O4. The van der Waals surface area contributed by atoms with E-state index >= 15 is 0 Å². The van der Waals surface area contributed by atoms with Gasteiger partial charge in [0.05, 0.1) is 12.6 Å². The predicted octanol–water partition coefficient (Wildman–Crippen LogP) is 2.79. The number of carbonyl (C=O) groups excluding carboxylic acids is 1. The second kappa shape index (κ2) is 8.34. The first-order valence-corrected chi connectivity index (χ1v) is 9.14. The quantitative estimate of drug-likeness (QED) is 0.737. The van der Waals surface area contributed by atoms with Gasteiger partial charge >= 0.3 is 5.97 Å². The third-order valence-electron chi connectivity index (χ3n) is 5.09. The summed E-state index contributed by atoms with van der Waals surface area (Å²) in [5.41, 5.74) is 0.690. The van der Waals surface area contributed by atoms with Crippen molar-refractivity contribution in [2.45, 2.75) is 57.0 Å². The summed E-state index contributed by atoms with van der Waals surface area (Å²) >= 11 is 0. The van der Waals surface area contributed by atoms with Crippen LogP contribution in [0.2, 0.25) is 0 Å². The van der Waals surface area contributed by atoms with Gasteiger partial charge in [0.25, 0.3) is 0 Å². The number of carboxylic acids is 1. The van der Waals surface area contributed by atoms with Gasteiger partial charge in [-0.05, 0) is 55.9 Å². The molecule has 0 bridgehead atoms. The van der Waals surface area contributed by atoms with Gasteiger partial charge < -0.3 is 15.2 Å². The van der Waals surface area contributed by atoms with Crippen molar-refractivity contribution >= 4 is 17.6 Å². The number of aliphatic carboxylic acids is 1. The molecule has 0 spiro atoms. The summed E-state index contributed by atoms with van der Waals surface area (Å²) in [6.07, 6.45) is 7.45. The number of carbonyl (C=O) groups is 2. The van der Waals surface area contributed by atoms with Crippen molar-refractivity contribution in [2.24, 2.45) is 5.92 Å². The van der Waals surface area contributed by atoms with Gasteiger partial charge in [-0.1, -0.05) is 19.3 Å². The van der Waals surface area contributed by atoms with Gasteiger partial charge in [-0.15, -0.1) is 0 Å². The van der Waals surface area contributed by atoms with Crippen molar-refractivity contribution in [2.75, 3.05) is 11.9 Å². The van der Waals surface area contributed by atoms with Crippen molar-refractivity contribution in [1.82, 2.24) is 5.32 Å². The first-order chi connectivity index (χ1) is 12.1. The van der Waals surface area contributed by atoms with Crippen LogP contribution in [0.3, 0.4) is 0 Å². The Balaban J connectivity index is 1.45. The number of ether oxygens (including phenoxy) is 1. The van der Waals surface area contributed by atoms with Crippen LogP contribution >= 0.6 is 0 Å². The van der Waals surface area contributed by atoms with E-state index in [4.69, 9.17) is 9.84 Å². The number of nitrogens with one attached hydrogen (secondary N) is 2. The lowest BCUT2D eigenvalue weighted by molar-refractivity contribution is -0.139. The van der Waals surface area contributed by atoms with E-state index in [1.807, 2.05) is 24.3 Å². The second-order valence-corrected chi connectivity index (χ2v) is 7.02. The van der Waals surface area contributed by atoms with Gasteiger partial charge in [-0.25, -0.2) is 0 Å². The minimum absolute atomic E-state index is 0.195. The molecule has 136 valence electrons. The molecule has 2 fully saturated rings. The van der Waals surface area contributed by atoms with Gasteiger partial charge in [-0.2, -0.15) is 0 Å². The van der Waals surface area contributed by atoms with Crippen molar-refractivity contribution in [3.05, 3.63) is 24.3 Å². The molecule has 1 aromatic rings. The van der Waals surface area contributed by atoms with Crippen LogP contribution in [-0.2, 0) is 9.59 Å². The van der Waals surface area contributed by atoms with Crippen LogP contribution in [0.1, 0.15) is 44.9 Å². The normalized spacial score (nSPS) is 24.0. The lowest BCUT2D eigenvalue weighted by Crippen LogP contribution is -2.41. The van der Waals surface area contributed by atoms with Crippen LogP contribution < -0.4 is 15.4 Å². The minimum atomic E-state index is -0.908. The zero-order valence-corrected chi connectivity index (χ0v) is 14.4. The number of hydrogen-bond acceptors (Lipinski definition) is 4. The van der Waals surface area contributed by atoms with E-state index < -0.39 is 18.1 Å². The number of rotatable bonds is 6. The van der Waals surface area contributed by atoms with E-state index in [2.05, 4.69) is 10.6 Å². The molecule has 2 aliphatic rings. The Morgan fingerprint density at radius 2 is 1.72 bits per heavy atom. The summed E-state index contributed by atoms with van der Waals surface area (Å²) in [5, 5.41) is 14.6. The summed E-state index contributed by atoms with van der Waals surface area (Å²) in [6, 6.07) is 6.27. The van der Waals surface area contributed by atoms with Crippen LogP contribution in [0.25, 0.3) is 0 Å². The minimum Gasteiger partial charge on any atom is -0.493 e. The predicted molar refractivity (Wildman–Crippen MR) is 94.7 cm³/mol. The molecule has 1 saturated carbocycles. The zero-order chi connectivity index (χ0) is 17.6. The largest absolute Gasteiger partial charge is 0.493 e. The smallest absolute Gasteiger partial charge is 0.320 e. The van der Waals surface area contributed by atoms with Crippen molar-refractivity contribution in [3.8, 4) is 5.75 Å². The van der Waals surface area contributed by atoms with Crippen molar-refractivity contribution < 1.29 is 19.4 Å². The number of hydrogen-bond donors (Lipinski definition) is 3. The molecular weight excluding hydrogens is 320 g/mol. The maximum Gasteiger partial charge on any atom is 0.320 e. The van der Waals surface area contributed by atoms with Crippen LogP contribution in [-0.4, -0.2) is 35.7 Å². The molecule has 1 aromatic carbocycles. The van der Waals surface area contributed by atoms with Gasteiger partial charge in [-0.3, -0.25) is 14.9 Å². The van der Waals surface area contributed by atoms with E-state index in [9.17, 15) is 9.59 Å². The SMILES string of the molecule is O=C(O)[C@@H]1CC[C@H](C(=O)Nc2ccc(OCC3CCCCC3)cc2)N1. The summed E-state index contributed by atoms with van der Waals surface area (Å²) in [5.74, 6) is 0.367. The summed E-state index contributed by atoms with van der Waals surface area (Å²) in [7, 11) is 0. The van der Waals surface area contributed by atoms with Crippen molar-refractivity contribution in [3.63, 3.8) is 0 Å². The van der Waals surface area contributed by atoms with Gasteiger partial charge in [0.1, 0.15) is 11.8 Å². The monoisotopic (exact) mass is 346 g/mol. The molecule has 1 amide bonds. The van der Waals surface area contributed by atoms with Gasteiger partial charge in [0.15, 0.2) is 0 Å². The Labute approximate surface area is 147 Å². The van der Waals surface area contributed by atoms with E-state index in [0.717, 1.165) is 12.4 Å². The van der Waals surface area contributed by atoms with E-state index in [-0.39, 0.29) is 5.91 Å². The third kappa shape index (κ3) is 4.95. The Morgan fingerprint density at radius 1 is 1.04 bits per heavy atom. The number of benzene rings is 1. The Kier molecular flexibility index (Phi) is 5.91.